The van der Waals surface area contributed by atoms with E-state index in [2.05, 4.69) is 14.5 Å². The minimum Gasteiger partial charge on any atom is -0.475 e. The summed E-state index contributed by atoms with van der Waals surface area (Å²) in [4.78, 5) is 28.5. The summed E-state index contributed by atoms with van der Waals surface area (Å²) in [5.74, 6) is -0.271. The van der Waals surface area contributed by atoms with Gasteiger partial charge in [0.2, 0.25) is 18.6 Å². The van der Waals surface area contributed by atoms with Gasteiger partial charge in [0.1, 0.15) is 18.8 Å². The van der Waals surface area contributed by atoms with E-state index in [1.54, 1.807) is 20.8 Å². The minimum atomic E-state index is -4.05. The van der Waals surface area contributed by atoms with Gasteiger partial charge in [-0.25, -0.2) is 0 Å². The predicted octanol–water partition coefficient (Wildman–Crippen LogP) is 0.743. The van der Waals surface area contributed by atoms with E-state index in [0.717, 1.165) is 0 Å². The van der Waals surface area contributed by atoms with E-state index in [1.165, 1.54) is 6.07 Å². The van der Waals surface area contributed by atoms with E-state index in [4.69, 9.17) is 25.7 Å². The van der Waals surface area contributed by atoms with Crippen molar-refractivity contribution in [2.45, 2.75) is 20.8 Å². The molecule has 0 amide bonds. The van der Waals surface area contributed by atoms with E-state index in [9.17, 15) is 14.3 Å². The molecule has 0 radical (unpaired) electrons. The van der Waals surface area contributed by atoms with Crippen molar-refractivity contribution in [3.8, 4) is 5.88 Å². The first-order chi connectivity index (χ1) is 11.5. The molecule has 0 saturated carbocycles. The summed E-state index contributed by atoms with van der Waals surface area (Å²) in [7, 11) is -4.05. The zero-order valence-corrected chi connectivity index (χ0v) is 15.2. The summed E-state index contributed by atoms with van der Waals surface area (Å²) in [5.41, 5.74) is 10.2. The predicted molar refractivity (Wildman–Crippen MR) is 88.5 cm³/mol. The molecule has 0 spiro atoms. The van der Waals surface area contributed by atoms with Gasteiger partial charge in [0, 0.05) is 6.07 Å². The first-order valence-electron chi connectivity index (χ1n) is 7.24. The zero-order chi connectivity index (χ0) is 19.1. The van der Waals surface area contributed by atoms with E-state index in [-0.39, 0.29) is 30.9 Å². The van der Waals surface area contributed by atoms with Gasteiger partial charge in [0.15, 0.2) is 0 Å². The van der Waals surface area contributed by atoms with Crippen LogP contribution in [-0.2, 0) is 23.4 Å². The van der Waals surface area contributed by atoms with Crippen molar-refractivity contribution in [2.24, 2.45) is 5.41 Å². The van der Waals surface area contributed by atoms with Crippen LogP contribution in [0.15, 0.2) is 6.07 Å². The van der Waals surface area contributed by atoms with Crippen LogP contribution in [0.2, 0.25) is 0 Å². The fourth-order valence-electron chi connectivity index (χ4n) is 1.34. The second kappa shape index (κ2) is 8.95. The highest BCUT2D eigenvalue weighted by molar-refractivity contribution is 7.52. The molecule has 1 heterocycles. The second-order valence-electron chi connectivity index (χ2n) is 5.94. The SMILES string of the molecule is CC(C)(C)C(=O)OCOP(=O)(O)COCCOc1cc(N)nc(N)n1. The third kappa shape index (κ3) is 8.64. The Morgan fingerprint density at radius 2 is 1.96 bits per heavy atom. The van der Waals surface area contributed by atoms with Crippen LogP contribution in [0.3, 0.4) is 0 Å². The highest BCUT2D eigenvalue weighted by atomic mass is 31.2. The Labute approximate surface area is 145 Å². The van der Waals surface area contributed by atoms with Gasteiger partial charge in [-0.3, -0.25) is 13.9 Å². The van der Waals surface area contributed by atoms with Crippen molar-refractivity contribution in [1.82, 2.24) is 9.97 Å². The zero-order valence-electron chi connectivity index (χ0n) is 14.3. The number of nitrogens with two attached hydrogens (primary N) is 2. The average Bonchev–Trinajstić information content (AvgIpc) is 2.44. The van der Waals surface area contributed by atoms with Crippen molar-refractivity contribution in [3.63, 3.8) is 0 Å². The fraction of sp³-hybridized carbons (Fsp3) is 0.615. The third-order valence-electron chi connectivity index (χ3n) is 2.53. The molecule has 1 aromatic rings. The lowest BCUT2D eigenvalue weighted by Crippen LogP contribution is -2.23. The van der Waals surface area contributed by atoms with Gasteiger partial charge in [-0.1, -0.05) is 0 Å². The number of hydrogen-bond acceptors (Lipinski definition) is 10. The number of ether oxygens (including phenoxy) is 3. The summed E-state index contributed by atoms with van der Waals surface area (Å²) < 4.78 is 31.3. The van der Waals surface area contributed by atoms with E-state index in [1.807, 2.05) is 0 Å². The van der Waals surface area contributed by atoms with Crippen molar-refractivity contribution in [1.29, 1.82) is 0 Å². The largest absolute Gasteiger partial charge is 0.475 e. The summed E-state index contributed by atoms with van der Waals surface area (Å²) in [6.07, 6.45) is -0.586. The molecule has 25 heavy (non-hydrogen) atoms. The second-order valence-corrected chi connectivity index (χ2v) is 7.73. The summed E-state index contributed by atoms with van der Waals surface area (Å²) >= 11 is 0. The standard InChI is InChI=1S/C13H23N4O7P/c1-13(2,3)11(18)23-7-24-25(19,20)8-21-4-5-22-10-6-9(14)16-12(15)17-10/h6H,4-5,7-8H2,1-3H3,(H,19,20)(H4,14,15,16,17). The number of anilines is 2. The number of aromatic nitrogens is 2. The highest BCUT2D eigenvalue weighted by Crippen LogP contribution is 2.41. The maximum absolute atomic E-state index is 11.7. The molecular weight excluding hydrogens is 355 g/mol. The molecule has 12 heteroatoms. The molecule has 0 saturated heterocycles. The van der Waals surface area contributed by atoms with E-state index >= 15 is 0 Å². The van der Waals surface area contributed by atoms with Gasteiger partial charge in [0.05, 0.1) is 12.0 Å². The lowest BCUT2D eigenvalue weighted by Gasteiger charge is -2.17. The number of esters is 1. The molecule has 1 rings (SSSR count). The van der Waals surface area contributed by atoms with Crippen LogP contribution < -0.4 is 16.2 Å². The summed E-state index contributed by atoms with van der Waals surface area (Å²) in [5, 5.41) is 0. The number of nitrogens with zero attached hydrogens (tertiary/aromatic N) is 2. The summed E-state index contributed by atoms with van der Waals surface area (Å²) in [6, 6.07) is 1.37. The molecule has 1 unspecified atom stereocenters. The van der Waals surface area contributed by atoms with Crippen molar-refractivity contribution < 1.29 is 33.0 Å². The van der Waals surface area contributed by atoms with Crippen molar-refractivity contribution in [3.05, 3.63) is 6.07 Å². The van der Waals surface area contributed by atoms with Crippen molar-refractivity contribution >= 4 is 25.3 Å². The third-order valence-corrected chi connectivity index (χ3v) is 3.55. The molecule has 1 atom stereocenters. The first kappa shape index (κ1) is 21.1. The Balaban J connectivity index is 2.23. The quantitative estimate of drug-likeness (QED) is 0.240. The molecule has 5 N–H and O–H groups in total. The van der Waals surface area contributed by atoms with E-state index < -0.39 is 32.1 Å². The molecule has 11 nitrogen and oxygen atoms in total. The van der Waals surface area contributed by atoms with Gasteiger partial charge in [-0.05, 0) is 20.8 Å². The summed E-state index contributed by atoms with van der Waals surface area (Å²) in [6.45, 7) is 4.33. The van der Waals surface area contributed by atoms with Crippen LogP contribution in [0.5, 0.6) is 5.88 Å². The normalized spacial score (nSPS) is 13.9. The number of carbonyl (C=O) groups excluding carboxylic acids is 1. The van der Waals surface area contributed by atoms with Crippen LogP contribution in [0, 0.1) is 5.41 Å². The molecule has 0 aliphatic carbocycles. The minimum absolute atomic E-state index is 0.0144. The lowest BCUT2D eigenvalue weighted by atomic mass is 9.98. The number of nitrogen functional groups attached to an aromatic ring is 2. The van der Waals surface area contributed by atoms with Gasteiger partial charge in [0.25, 0.3) is 0 Å². The van der Waals surface area contributed by atoms with Gasteiger partial charge >= 0.3 is 13.6 Å². The Bertz CT molecular complexity index is 615. The van der Waals surface area contributed by atoms with Gasteiger partial charge in [-0.2, -0.15) is 9.97 Å². The number of hydrogen-bond donors (Lipinski definition) is 3. The number of rotatable bonds is 9. The average molecular weight is 378 g/mol. The molecule has 142 valence electrons. The van der Waals surface area contributed by atoms with Crippen LogP contribution in [0.1, 0.15) is 20.8 Å². The number of carbonyl (C=O) groups is 1. The Hall–Kier alpha value is -1.94. The monoisotopic (exact) mass is 378 g/mol. The lowest BCUT2D eigenvalue weighted by molar-refractivity contribution is -0.160. The smallest absolute Gasteiger partial charge is 0.356 e. The van der Waals surface area contributed by atoms with Crippen molar-refractivity contribution in [2.75, 3.05) is 37.8 Å². The first-order valence-corrected chi connectivity index (χ1v) is 9.00. The van der Waals surface area contributed by atoms with Crippen LogP contribution in [0.25, 0.3) is 0 Å². The van der Waals surface area contributed by atoms with Gasteiger partial charge < -0.3 is 30.6 Å². The Kier molecular flexibility index (Phi) is 7.56. The maximum atomic E-state index is 11.7. The molecule has 0 aliphatic heterocycles. The Morgan fingerprint density at radius 1 is 1.28 bits per heavy atom. The molecular formula is C13H23N4O7P. The van der Waals surface area contributed by atoms with E-state index in [0.29, 0.717) is 0 Å². The van der Waals surface area contributed by atoms with Crippen LogP contribution in [-0.4, -0.2) is 47.2 Å². The molecule has 1 aromatic heterocycles. The molecule has 0 aliphatic rings. The van der Waals surface area contributed by atoms with Crippen LogP contribution >= 0.6 is 7.60 Å². The topological polar surface area (TPSA) is 169 Å². The highest BCUT2D eigenvalue weighted by Gasteiger charge is 2.25. The van der Waals surface area contributed by atoms with Gasteiger partial charge in [-0.15, -0.1) is 0 Å². The molecule has 0 fully saturated rings. The van der Waals surface area contributed by atoms with Crippen LogP contribution in [0.4, 0.5) is 11.8 Å². The molecule has 0 aromatic carbocycles. The fourth-order valence-corrected chi connectivity index (χ4v) is 1.99. The maximum Gasteiger partial charge on any atom is 0.356 e. The molecule has 0 bridgehead atoms. The Morgan fingerprint density at radius 3 is 2.56 bits per heavy atom.